The van der Waals surface area contributed by atoms with Gasteiger partial charge in [0.25, 0.3) is 0 Å². The first-order valence-electron chi connectivity index (χ1n) is 6.82. The third-order valence-electron chi connectivity index (χ3n) is 5.03. The Hall–Kier alpha value is 0.220. The van der Waals surface area contributed by atoms with Gasteiger partial charge in [0.2, 0.25) is 0 Å². The molecule has 16 heavy (non-hydrogen) atoms. The lowest BCUT2D eigenvalue weighted by Gasteiger charge is -2.40. The minimum atomic E-state index is 0.433. The van der Waals surface area contributed by atoms with Crippen LogP contribution >= 0.6 is 15.9 Å². The van der Waals surface area contributed by atoms with Crippen molar-refractivity contribution in [3.05, 3.63) is 11.1 Å². The largest absolute Gasteiger partial charge is 0.0880 e. The molecular weight excluding hydrogens is 260 g/mol. The molecule has 0 radical (unpaired) electrons. The Bertz CT molecular complexity index is 282. The molecule has 0 unspecified atom stereocenters. The Morgan fingerprint density at radius 3 is 2.38 bits per heavy atom. The molecule has 1 heteroatoms. The Morgan fingerprint density at radius 1 is 1.19 bits per heavy atom. The molecular formula is C15H25Br. The van der Waals surface area contributed by atoms with Gasteiger partial charge in [-0.2, -0.15) is 0 Å². The summed E-state index contributed by atoms with van der Waals surface area (Å²) < 4.78 is 0. The molecule has 0 spiro atoms. The zero-order valence-corrected chi connectivity index (χ0v) is 12.6. The monoisotopic (exact) mass is 284 g/mol. The van der Waals surface area contributed by atoms with Gasteiger partial charge in [-0.15, -0.1) is 0 Å². The van der Waals surface area contributed by atoms with Crippen LogP contribution in [0, 0.1) is 17.3 Å². The molecule has 0 saturated heterocycles. The van der Waals surface area contributed by atoms with E-state index in [0.717, 1.165) is 17.2 Å². The van der Waals surface area contributed by atoms with Crippen LogP contribution in [0.2, 0.25) is 0 Å². The van der Waals surface area contributed by atoms with Gasteiger partial charge in [-0.25, -0.2) is 0 Å². The van der Waals surface area contributed by atoms with Crippen LogP contribution in [0.5, 0.6) is 0 Å². The quantitative estimate of drug-likeness (QED) is 0.475. The number of allylic oxidation sites excluding steroid dienone is 2. The first kappa shape index (κ1) is 12.7. The van der Waals surface area contributed by atoms with Gasteiger partial charge in [0, 0.05) is 5.33 Å². The summed E-state index contributed by atoms with van der Waals surface area (Å²) in [7, 11) is 0. The lowest BCUT2D eigenvalue weighted by molar-refractivity contribution is 0.265. The Morgan fingerprint density at radius 2 is 1.81 bits per heavy atom. The second kappa shape index (κ2) is 4.84. The minimum Gasteiger partial charge on any atom is -0.0880 e. The van der Waals surface area contributed by atoms with Gasteiger partial charge < -0.3 is 0 Å². The molecule has 0 N–H and O–H groups in total. The molecule has 1 saturated carbocycles. The van der Waals surface area contributed by atoms with Crippen molar-refractivity contribution in [2.45, 2.75) is 59.3 Å². The predicted octanol–water partition coefficient (Wildman–Crippen LogP) is 5.32. The van der Waals surface area contributed by atoms with E-state index < -0.39 is 0 Å². The lowest BCUT2D eigenvalue weighted by Crippen LogP contribution is -2.29. The summed E-state index contributed by atoms with van der Waals surface area (Å²) in [4.78, 5) is 0. The molecule has 0 nitrogen and oxygen atoms in total. The summed E-state index contributed by atoms with van der Waals surface area (Å²) in [6, 6.07) is 0. The zero-order valence-electron chi connectivity index (χ0n) is 11.0. The summed E-state index contributed by atoms with van der Waals surface area (Å²) in [5, 5.41) is 1.08. The van der Waals surface area contributed by atoms with Crippen LogP contribution in [0.3, 0.4) is 0 Å². The maximum Gasteiger partial charge on any atom is 0.0249 e. The molecule has 1 fully saturated rings. The number of alkyl halides is 1. The number of halogens is 1. The smallest absolute Gasteiger partial charge is 0.0249 e. The second-order valence-corrected chi connectivity index (χ2v) is 6.93. The zero-order chi connectivity index (χ0) is 11.8. The maximum absolute atomic E-state index is 3.71. The van der Waals surface area contributed by atoms with Crippen molar-refractivity contribution in [2.24, 2.45) is 17.3 Å². The van der Waals surface area contributed by atoms with E-state index in [1.165, 1.54) is 38.5 Å². The van der Waals surface area contributed by atoms with E-state index in [0.29, 0.717) is 5.41 Å². The molecule has 1 atom stereocenters. The van der Waals surface area contributed by atoms with Crippen molar-refractivity contribution in [1.82, 2.24) is 0 Å². The molecule has 92 valence electrons. The highest BCUT2D eigenvalue weighted by atomic mass is 79.9. The highest BCUT2D eigenvalue weighted by molar-refractivity contribution is 9.09. The average Bonchev–Trinajstić information content (AvgIpc) is 2.70. The van der Waals surface area contributed by atoms with Gasteiger partial charge in [0.15, 0.2) is 0 Å². The molecule has 2 rings (SSSR count). The summed E-state index contributed by atoms with van der Waals surface area (Å²) in [6.07, 6.45) is 8.73. The fourth-order valence-corrected chi connectivity index (χ4v) is 5.08. The van der Waals surface area contributed by atoms with E-state index >= 15 is 0 Å². The maximum atomic E-state index is 3.71. The third-order valence-corrected chi connectivity index (χ3v) is 5.59. The van der Waals surface area contributed by atoms with Crippen molar-refractivity contribution in [2.75, 3.05) is 5.33 Å². The minimum absolute atomic E-state index is 0.433. The van der Waals surface area contributed by atoms with Gasteiger partial charge in [-0.1, -0.05) is 53.8 Å². The summed E-state index contributed by atoms with van der Waals surface area (Å²) >= 11 is 3.71. The van der Waals surface area contributed by atoms with E-state index in [9.17, 15) is 0 Å². The van der Waals surface area contributed by atoms with Crippen LogP contribution in [0.15, 0.2) is 11.1 Å². The van der Waals surface area contributed by atoms with Crippen molar-refractivity contribution >= 4 is 15.9 Å². The normalized spacial score (nSPS) is 31.1. The van der Waals surface area contributed by atoms with Crippen molar-refractivity contribution < 1.29 is 0 Å². The van der Waals surface area contributed by atoms with Crippen LogP contribution in [0.1, 0.15) is 59.3 Å². The fourth-order valence-electron chi connectivity index (χ4n) is 3.88. The Balaban J connectivity index is 2.23. The van der Waals surface area contributed by atoms with E-state index in [-0.39, 0.29) is 0 Å². The fraction of sp³-hybridized carbons (Fsp3) is 0.867. The molecule has 0 aromatic rings. The van der Waals surface area contributed by atoms with E-state index in [4.69, 9.17) is 0 Å². The molecule has 0 aromatic carbocycles. The first-order chi connectivity index (χ1) is 7.56. The number of hydrogen-bond donors (Lipinski definition) is 0. The molecule has 0 aliphatic heterocycles. The standard InChI is InChI=1S/C15H25Br/c1-11-13(12-6-4-5-7-12)8-9-15(2,3)14(11)10-16/h12-13H,4-10H2,1-3H3/t13-/m1/s1. The molecule has 0 bridgehead atoms. The lowest BCUT2D eigenvalue weighted by atomic mass is 9.66. The second-order valence-electron chi connectivity index (χ2n) is 6.37. The first-order valence-corrected chi connectivity index (χ1v) is 7.94. The van der Waals surface area contributed by atoms with Gasteiger partial charge in [0.05, 0.1) is 0 Å². The van der Waals surface area contributed by atoms with Crippen LogP contribution in [-0.2, 0) is 0 Å². The van der Waals surface area contributed by atoms with Crippen LogP contribution in [0.25, 0.3) is 0 Å². The summed E-state index contributed by atoms with van der Waals surface area (Å²) in [5.74, 6) is 1.91. The topological polar surface area (TPSA) is 0 Å². The van der Waals surface area contributed by atoms with Crippen LogP contribution in [0.4, 0.5) is 0 Å². The summed E-state index contributed by atoms with van der Waals surface area (Å²) in [5.41, 5.74) is 3.85. The van der Waals surface area contributed by atoms with Gasteiger partial charge >= 0.3 is 0 Å². The highest BCUT2D eigenvalue weighted by Crippen LogP contribution is 2.48. The van der Waals surface area contributed by atoms with Crippen LogP contribution in [-0.4, -0.2) is 5.33 Å². The molecule has 2 aliphatic rings. The van der Waals surface area contributed by atoms with Crippen molar-refractivity contribution in [3.63, 3.8) is 0 Å². The molecule has 0 amide bonds. The number of hydrogen-bond acceptors (Lipinski definition) is 0. The van der Waals surface area contributed by atoms with E-state index in [2.05, 4.69) is 36.7 Å². The van der Waals surface area contributed by atoms with Gasteiger partial charge in [-0.05, 0) is 49.9 Å². The predicted molar refractivity (Wildman–Crippen MR) is 75.0 cm³/mol. The van der Waals surface area contributed by atoms with Crippen LogP contribution < -0.4 is 0 Å². The summed E-state index contributed by atoms with van der Waals surface area (Å²) in [6.45, 7) is 7.23. The van der Waals surface area contributed by atoms with E-state index in [1.54, 1.807) is 11.1 Å². The van der Waals surface area contributed by atoms with E-state index in [1.807, 2.05) is 0 Å². The molecule has 0 heterocycles. The number of rotatable bonds is 2. The molecule has 0 aromatic heterocycles. The Labute approximate surface area is 109 Å². The SMILES string of the molecule is CC1=C(CBr)C(C)(C)CC[C@H]1C1CCCC1. The van der Waals surface area contributed by atoms with Gasteiger partial charge in [-0.3, -0.25) is 0 Å². The van der Waals surface area contributed by atoms with Crippen molar-refractivity contribution in [1.29, 1.82) is 0 Å². The third kappa shape index (κ3) is 2.25. The highest BCUT2D eigenvalue weighted by Gasteiger charge is 2.36. The average molecular weight is 285 g/mol. The van der Waals surface area contributed by atoms with Gasteiger partial charge in [0.1, 0.15) is 0 Å². The molecule has 2 aliphatic carbocycles. The Kier molecular flexibility index (Phi) is 3.83. The van der Waals surface area contributed by atoms with Crippen molar-refractivity contribution in [3.8, 4) is 0 Å².